The van der Waals surface area contributed by atoms with Crippen LogP contribution in [0, 0.1) is 0 Å². The first-order chi connectivity index (χ1) is 14.6. The van der Waals surface area contributed by atoms with Crippen LogP contribution in [0.25, 0.3) is 11.4 Å². The van der Waals surface area contributed by atoms with Gasteiger partial charge in [-0.25, -0.2) is 0 Å². The number of halogens is 1. The van der Waals surface area contributed by atoms with E-state index >= 15 is 0 Å². The van der Waals surface area contributed by atoms with E-state index in [0.717, 1.165) is 16.9 Å². The van der Waals surface area contributed by atoms with Gasteiger partial charge in [0.15, 0.2) is 0 Å². The molecule has 1 heterocycles. The van der Waals surface area contributed by atoms with Crippen LogP contribution in [-0.2, 0) is 22.5 Å². The maximum Gasteiger partial charge on any atom is 0.226 e. The number of aromatic nitrogens is 2. The smallest absolute Gasteiger partial charge is 0.226 e. The van der Waals surface area contributed by atoms with Gasteiger partial charge in [-0.15, -0.1) is 0 Å². The Balaban J connectivity index is 1.36. The number of hydrogen-bond acceptors (Lipinski definition) is 6. The monoisotopic (exact) mass is 429 g/mol. The van der Waals surface area contributed by atoms with E-state index in [1.807, 2.05) is 36.4 Å². The van der Waals surface area contributed by atoms with Gasteiger partial charge in [0.05, 0.1) is 6.61 Å². The lowest BCUT2D eigenvalue weighted by Gasteiger charge is -2.08. The van der Waals surface area contributed by atoms with Crippen LogP contribution in [0.2, 0.25) is 5.02 Å². The Kier molecular flexibility index (Phi) is 8.23. The SMILES string of the molecule is COCCOc1ccc(CNC(=O)CCCc2nc(-c3ccc(Cl)cc3)no2)cc1. The molecule has 3 aromatic rings. The summed E-state index contributed by atoms with van der Waals surface area (Å²) in [5.74, 6) is 1.78. The molecule has 1 N–H and O–H groups in total. The van der Waals surface area contributed by atoms with E-state index in [4.69, 9.17) is 25.6 Å². The van der Waals surface area contributed by atoms with Crippen LogP contribution in [0.1, 0.15) is 24.3 Å². The molecule has 0 aliphatic rings. The van der Waals surface area contributed by atoms with Crippen LogP contribution in [0.5, 0.6) is 5.75 Å². The Morgan fingerprint density at radius 2 is 1.87 bits per heavy atom. The first kappa shape index (κ1) is 21.8. The lowest BCUT2D eigenvalue weighted by Crippen LogP contribution is -2.22. The summed E-state index contributed by atoms with van der Waals surface area (Å²) in [7, 11) is 1.63. The zero-order valence-corrected chi connectivity index (χ0v) is 17.5. The Morgan fingerprint density at radius 1 is 1.10 bits per heavy atom. The van der Waals surface area contributed by atoms with Crippen molar-refractivity contribution in [2.75, 3.05) is 20.3 Å². The van der Waals surface area contributed by atoms with E-state index < -0.39 is 0 Å². The molecule has 2 aromatic carbocycles. The van der Waals surface area contributed by atoms with Gasteiger partial charge in [0.2, 0.25) is 17.6 Å². The first-order valence-corrected chi connectivity index (χ1v) is 10.1. The molecule has 158 valence electrons. The summed E-state index contributed by atoms with van der Waals surface area (Å²) in [6.45, 7) is 1.52. The third-order valence-corrected chi connectivity index (χ3v) is 4.59. The number of benzene rings is 2. The zero-order chi connectivity index (χ0) is 21.2. The topological polar surface area (TPSA) is 86.5 Å². The van der Waals surface area contributed by atoms with Crippen molar-refractivity contribution in [1.29, 1.82) is 0 Å². The molecule has 0 fully saturated rings. The zero-order valence-electron chi connectivity index (χ0n) is 16.8. The molecule has 0 bridgehead atoms. The van der Waals surface area contributed by atoms with Crippen molar-refractivity contribution < 1.29 is 18.8 Å². The highest BCUT2D eigenvalue weighted by molar-refractivity contribution is 6.30. The summed E-state index contributed by atoms with van der Waals surface area (Å²) in [4.78, 5) is 16.4. The number of hydrogen-bond donors (Lipinski definition) is 1. The first-order valence-electron chi connectivity index (χ1n) is 9.70. The van der Waals surface area contributed by atoms with Gasteiger partial charge in [0.25, 0.3) is 0 Å². The molecule has 0 radical (unpaired) electrons. The molecule has 0 unspecified atom stereocenters. The minimum atomic E-state index is -0.0205. The van der Waals surface area contributed by atoms with Gasteiger partial charge in [-0.05, 0) is 48.4 Å². The highest BCUT2D eigenvalue weighted by atomic mass is 35.5. The summed E-state index contributed by atoms with van der Waals surface area (Å²) in [6, 6.07) is 14.8. The Labute approximate surface area is 180 Å². The lowest BCUT2D eigenvalue weighted by molar-refractivity contribution is -0.121. The minimum Gasteiger partial charge on any atom is -0.491 e. The standard InChI is InChI=1S/C22H24ClN3O4/c1-28-13-14-29-19-11-5-16(6-12-19)15-24-20(27)3-2-4-21-25-22(26-30-21)17-7-9-18(23)10-8-17/h5-12H,2-4,13-15H2,1H3,(H,24,27). The van der Waals surface area contributed by atoms with Crippen LogP contribution < -0.4 is 10.1 Å². The van der Waals surface area contributed by atoms with Crippen molar-refractivity contribution in [3.63, 3.8) is 0 Å². The maximum absolute atomic E-state index is 12.1. The average molecular weight is 430 g/mol. The van der Waals surface area contributed by atoms with Crippen molar-refractivity contribution in [3.05, 3.63) is 65.0 Å². The third-order valence-electron chi connectivity index (χ3n) is 4.33. The van der Waals surface area contributed by atoms with Crippen LogP contribution in [0.4, 0.5) is 0 Å². The summed E-state index contributed by atoms with van der Waals surface area (Å²) in [6.07, 6.45) is 1.55. The van der Waals surface area contributed by atoms with Crippen molar-refractivity contribution in [3.8, 4) is 17.1 Å². The second-order valence-corrected chi connectivity index (χ2v) is 7.07. The van der Waals surface area contributed by atoms with Crippen molar-refractivity contribution in [2.24, 2.45) is 0 Å². The summed E-state index contributed by atoms with van der Waals surface area (Å²) < 4.78 is 15.7. The van der Waals surface area contributed by atoms with Crippen LogP contribution >= 0.6 is 11.6 Å². The molecule has 0 atom stereocenters. The predicted molar refractivity (Wildman–Crippen MR) is 113 cm³/mol. The molecule has 0 spiro atoms. The van der Waals surface area contributed by atoms with Crippen LogP contribution in [-0.4, -0.2) is 36.4 Å². The highest BCUT2D eigenvalue weighted by Gasteiger charge is 2.10. The fourth-order valence-electron chi connectivity index (χ4n) is 2.71. The van der Waals surface area contributed by atoms with Gasteiger partial charge in [-0.1, -0.05) is 28.9 Å². The number of carbonyl (C=O) groups is 1. The summed E-state index contributed by atoms with van der Waals surface area (Å²) in [5.41, 5.74) is 1.84. The molecular weight excluding hydrogens is 406 g/mol. The number of nitrogens with one attached hydrogen (secondary N) is 1. The van der Waals surface area contributed by atoms with E-state index in [-0.39, 0.29) is 5.91 Å². The lowest BCUT2D eigenvalue weighted by atomic mass is 10.2. The molecular formula is C22H24ClN3O4. The Hall–Kier alpha value is -2.90. The number of methoxy groups -OCH3 is 1. The number of nitrogens with zero attached hydrogens (tertiary/aromatic N) is 2. The number of ether oxygens (including phenoxy) is 2. The van der Waals surface area contributed by atoms with E-state index in [1.54, 1.807) is 19.2 Å². The van der Waals surface area contributed by atoms with Crippen molar-refractivity contribution >= 4 is 17.5 Å². The normalized spacial score (nSPS) is 10.7. The van der Waals surface area contributed by atoms with E-state index in [1.165, 1.54) is 0 Å². The minimum absolute atomic E-state index is 0.0205. The van der Waals surface area contributed by atoms with E-state index in [9.17, 15) is 4.79 Å². The molecule has 1 aromatic heterocycles. The molecule has 30 heavy (non-hydrogen) atoms. The summed E-state index contributed by atoms with van der Waals surface area (Å²) >= 11 is 5.89. The second kappa shape index (κ2) is 11.3. The van der Waals surface area contributed by atoms with Gasteiger partial charge in [-0.2, -0.15) is 4.98 Å². The van der Waals surface area contributed by atoms with Crippen LogP contribution in [0.3, 0.4) is 0 Å². The largest absolute Gasteiger partial charge is 0.491 e. The molecule has 0 aliphatic heterocycles. The molecule has 0 aliphatic carbocycles. The van der Waals surface area contributed by atoms with Gasteiger partial charge >= 0.3 is 0 Å². The molecule has 7 nitrogen and oxygen atoms in total. The van der Waals surface area contributed by atoms with Gasteiger partial charge < -0.3 is 19.3 Å². The van der Waals surface area contributed by atoms with E-state index in [0.29, 0.717) is 55.8 Å². The average Bonchev–Trinajstić information content (AvgIpc) is 3.23. The maximum atomic E-state index is 12.1. The summed E-state index contributed by atoms with van der Waals surface area (Å²) in [5, 5.41) is 7.54. The highest BCUT2D eigenvalue weighted by Crippen LogP contribution is 2.19. The molecule has 0 saturated heterocycles. The van der Waals surface area contributed by atoms with Crippen molar-refractivity contribution in [1.82, 2.24) is 15.5 Å². The fourth-order valence-corrected chi connectivity index (χ4v) is 2.83. The van der Waals surface area contributed by atoms with Gasteiger partial charge in [0.1, 0.15) is 12.4 Å². The number of amides is 1. The molecule has 3 rings (SSSR count). The quantitative estimate of drug-likeness (QED) is 0.462. The molecule has 8 heteroatoms. The Bertz CT molecular complexity index is 926. The van der Waals surface area contributed by atoms with Gasteiger partial charge in [-0.3, -0.25) is 4.79 Å². The number of aryl methyl sites for hydroxylation is 1. The number of carbonyl (C=O) groups excluding carboxylic acids is 1. The van der Waals surface area contributed by atoms with Gasteiger partial charge in [0, 0.05) is 37.1 Å². The third kappa shape index (κ3) is 6.86. The van der Waals surface area contributed by atoms with E-state index in [2.05, 4.69) is 15.5 Å². The molecule has 0 saturated carbocycles. The fraction of sp³-hybridized carbons (Fsp3) is 0.318. The molecule has 1 amide bonds. The van der Waals surface area contributed by atoms with Crippen LogP contribution in [0.15, 0.2) is 53.1 Å². The number of rotatable bonds is 11. The Morgan fingerprint density at radius 3 is 2.60 bits per heavy atom. The second-order valence-electron chi connectivity index (χ2n) is 6.63. The predicted octanol–water partition coefficient (Wildman–Crippen LogP) is 4.05. The van der Waals surface area contributed by atoms with Crippen molar-refractivity contribution in [2.45, 2.75) is 25.8 Å².